The van der Waals surface area contributed by atoms with Gasteiger partial charge in [-0.25, -0.2) is 0 Å². The molecule has 0 aliphatic heterocycles. The van der Waals surface area contributed by atoms with Gasteiger partial charge in [0.2, 0.25) is 0 Å². The van der Waals surface area contributed by atoms with Gasteiger partial charge in [0.25, 0.3) is 0 Å². The van der Waals surface area contributed by atoms with Gasteiger partial charge in [0.15, 0.2) is 0 Å². The van der Waals surface area contributed by atoms with Crippen molar-refractivity contribution in [3.05, 3.63) is 53.1 Å². The minimum atomic E-state index is 0.679. The second-order valence-electron chi connectivity index (χ2n) is 4.90. The van der Waals surface area contributed by atoms with E-state index in [0.717, 1.165) is 37.2 Å². The average molecular weight is 289 g/mol. The van der Waals surface area contributed by atoms with Crippen LogP contribution in [0.15, 0.2) is 42.5 Å². The van der Waals surface area contributed by atoms with Gasteiger partial charge >= 0.3 is 0 Å². The minimum absolute atomic E-state index is 0.679. The van der Waals surface area contributed by atoms with E-state index in [0.29, 0.717) is 5.02 Å². The van der Waals surface area contributed by atoms with Gasteiger partial charge in [0.05, 0.1) is 11.6 Å². The fourth-order valence-corrected chi connectivity index (χ4v) is 2.29. The summed E-state index contributed by atoms with van der Waals surface area (Å²) < 4.78 is 5.67. The molecule has 20 heavy (non-hydrogen) atoms. The van der Waals surface area contributed by atoms with Crippen molar-refractivity contribution in [1.82, 2.24) is 0 Å². The minimum Gasteiger partial charge on any atom is -0.492 e. The van der Waals surface area contributed by atoms with Crippen LogP contribution in [0.3, 0.4) is 0 Å². The standard InChI is InChI=1S/C18H21ClO/c1-3-5-12-20-18-11-10-16(13-17(18)19)15-8-6-14(4-2)7-9-15/h6-11,13H,3-5,12H2,1-2H3. The summed E-state index contributed by atoms with van der Waals surface area (Å²) in [6.07, 6.45) is 3.24. The van der Waals surface area contributed by atoms with Gasteiger partial charge in [-0.1, -0.05) is 62.2 Å². The maximum absolute atomic E-state index is 6.29. The molecule has 0 unspecified atom stereocenters. The third-order valence-electron chi connectivity index (χ3n) is 3.38. The second kappa shape index (κ2) is 7.35. The molecule has 0 spiro atoms. The first-order valence-corrected chi connectivity index (χ1v) is 7.64. The Labute approximate surface area is 126 Å². The number of hydrogen-bond donors (Lipinski definition) is 0. The van der Waals surface area contributed by atoms with Crippen LogP contribution in [-0.2, 0) is 6.42 Å². The summed E-state index contributed by atoms with van der Waals surface area (Å²) in [4.78, 5) is 0. The third kappa shape index (κ3) is 3.77. The van der Waals surface area contributed by atoms with Crippen molar-refractivity contribution >= 4 is 11.6 Å². The zero-order chi connectivity index (χ0) is 14.4. The first-order valence-electron chi connectivity index (χ1n) is 7.26. The molecule has 2 heteroatoms. The fourth-order valence-electron chi connectivity index (χ4n) is 2.06. The molecule has 0 aromatic heterocycles. The van der Waals surface area contributed by atoms with E-state index in [1.165, 1.54) is 11.1 Å². The molecule has 0 radical (unpaired) electrons. The smallest absolute Gasteiger partial charge is 0.137 e. The lowest BCUT2D eigenvalue weighted by molar-refractivity contribution is 0.309. The molecular formula is C18H21ClO. The van der Waals surface area contributed by atoms with E-state index in [1.807, 2.05) is 12.1 Å². The normalized spacial score (nSPS) is 10.6. The summed E-state index contributed by atoms with van der Waals surface area (Å²) in [5.74, 6) is 0.772. The molecule has 0 saturated heterocycles. The molecule has 2 rings (SSSR count). The molecule has 0 N–H and O–H groups in total. The molecule has 0 saturated carbocycles. The first kappa shape index (κ1) is 14.9. The molecule has 0 heterocycles. The van der Waals surface area contributed by atoms with E-state index >= 15 is 0 Å². The van der Waals surface area contributed by atoms with Crippen molar-refractivity contribution in [3.63, 3.8) is 0 Å². The van der Waals surface area contributed by atoms with Gasteiger partial charge in [-0.3, -0.25) is 0 Å². The summed E-state index contributed by atoms with van der Waals surface area (Å²) in [5.41, 5.74) is 3.66. The van der Waals surface area contributed by atoms with E-state index in [1.54, 1.807) is 0 Å². The van der Waals surface area contributed by atoms with Gasteiger partial charge in [0.1, 0.15) is 5.75 Å². The van der Waals surface area contributed by atoms with Crippen LogP contribution in [0.25, 0.3) is 11.1 Å². The topological polar surface area (TPSA) is 9.23 Å². The van der Waals surface area contributed by atoms with E-state index in [2.05, 4.69) is 44.2 Å². The number of aryl methyl sites for hydroxylation is 1. The van der Waals surface area contributed by atoms with E-state index in [9.17, 15) is 0 Å². The van der Waals surface area contributed by atoms with Crippen molar-refractivity contribution in [2.75, 3.05) is 6.61 Å². The molecular weight excluding hydrogens is 268 g/mol. The summed E-state index contributed by atoms with van der Waals surface area (Å²) in [6, 6.07) is 14.6. The number of unbranched alkanes of at least 4 members (excludes halogenated alkanes) is 1. The van der Waals surface area contributed by atoms with Gasteiger partial charge in [-0.05, 0) is 41.7 Å². The average Bonchev–Trinajstić information content (AvgIpc) is 2.49. The zero-order valence-corrected chi connectivity index (χ0v) is 12.9. The zero-order valence-electron chi connectivity index (χ0n) is 12.2. The lowest BCUT2D eigenvalue weighted by Crippen LogP contribution is -1.97. The third-order valence-corrected chi connectivity index (χ3v) is 3.68. The SMILES string of the molecule is CCCCOc1ccc(-c2ccc(CC)cc2)cc1Cl. The quantitative estimate of drug-likeness (QED) is 0.615. The van der Waals surface area contributed by atoms with Crippen LogP contribution in [0.2, 0.25) is 5.02 Å². The number of halogens is 1. The Bertz CT molecular complexity index is 546. The van der Waals surface area contributed by atoms with E-state index in [4.69, 9.17) is 16.3 Å². The van der Waals surface area contributed by atoms with Crippen molar-refractivity contribution in [1.29, 1.82) is 0 Å². The number of hydrogen-bond acceptors (Lipinski definition) is 1. The Hall–Kier alpha value is -1.47. The van der Waals surface area contributed by atoms with Crippen molar-refractivity contribution < 1.29 is 4.74 Å². The highest BCUT2D eigenvalue weighted by molar-refractivity contribution is 6.32. The summed E-state index contributed by atoms with van der Waals surface area (Å²) in [6.45, 7) is 5.03. The Morgan fingerprint density at radius 1 is 0.950 bits per heavy atom. The highest BCUT2D eigenvalue weighted by Crippen LogP contribution is 2.30. The summed E-state index contributed by atoms with van der Waals surface area (Å²) in [7, 11) is 0. The number of benzene rings is 2. The van der Waals surface area contributed by atoms with Crippen LogP contribution in [0, 0.1) is 0 Å². The van der Waals surface area contributed by atoms with Crippen LogP contribution < -0.4 is 4.74 Å². The van der Waals surface area contributed by atoms with Crippen LogP contribution in [0.4, 0.5) is 0 Å². The monoisotopic (exact) mass is 288 g/mol. The molecule has 0 fully saturated rings. The Morgan fingerprint density at radius 2 is 1.65 bits per heavy atom. The molecule has 0 bridgehead atoms. The summed E-state index contributed by atoms with van der Waals surface area (Å²) in [5, 5.41) is 0.679. The largest absolute Gasteiger partial charge is 0.492 e. The van der Waals surface area contributed by atoms with E-state index in [-0.39, 0.29) is 0 Å². The molecule has 0 aliphatic carbocycles. The van der Waals surface area contributed by atoms with Crippen molar-refractivity contribution in [2.24, 2.45) is 0 Å². The maximum Gasteiger partial charge on any atom is 0.137 e. The van der Waals surface area contributed by atoms with Crippen LogP contribution in [0.5, 0.6) is 5.75 Å². The Morgan fingerprint density at radius 3 is 2.25 bits per heavy atom. The highest BCUT2D eigenvalue weighted by Gasteiger charge is 2.05. The Kier molecular flexibility index (Phi) is 5.49. The lowest BCUT2D eigenvalue weighted by Gasteiger charge is -2.09. The molecule has 2 aromatic rings. The van der Waals surface area contributed by atoms with Crippen molar-refractivity contribution in [3.8, 4) is 16.9 Å². The first-order chi connectivity index (χ1) is 9.74. The van der Waals surface area contributed by atoms with Crippen LogP contribution in [0.1, 0.15) is 32.3 Å². The highest BCUT2D eigenvalue weighted by atomic mass is 35.5. The van der Waals surface area contributed by atoms with Gasteiger partial charge < -0.3 is 4.74 Å². The molecule has 0 atom stereocenters. The molecule has 106 valence electrons. The molecule has 0 aliphatic rings. The lowest BCUT2D eigenvalue weighted by atomic mass is 10.0. The summed E-state index contributed by atoms with van der Waals surface area (Å²) >= 11 is 6.29. The van der Waals surface area contributed by atoms with Gasteiger partial charge in [0, 0.05) is 0 Å². The number of ether oxygens (including phenoxy) is 1. The fraction of sp³-hybridized carbons (Fsp3) is 0.333. The molecule has 0 amide bonds. The van der Waals surface area contributed by atoms with Crippen molar-refractivity contribution in [2.45, 2.75) is 33.1 Å². The van der Waals surface area contributed by atoms with E-state index < -0.39 is 0 Å². The predicted molar refractivity (Wildman–Crippen MR) is 86.7 cm³/mol. The van der Waals surface area contributed by atoms with Crippen LogP contribution >= 0.6 is 11.6 Å². The van der Waals surface area contributed by atoms with Gasteiger partial charge in [-0.15, -0.1) is 0 Å². The van der Waals surface area contributed by atoms with Gasteiger partial charge in [-0.2, -0.15) is 0 Å². The number of rotatable bonds is 6. The molecule has 2 aromatic carbocycles. The van der Waals surface area contributed by atoms with Crippen LogP contribution in [-0.4, -0.2) is 6.61 Å². The maximum atomic E-state index is 6.29. The Balaban J connectivity index is 2.14. The predicted octanol–water partition coefficient (Wildman–Crippen LogP) is 5.75. The molecule has 1 nitrogen and oxygen atoms in total. The second-order valence-corrected chi connectivity index (χ2v) is 5.30.